The van der Waals surface area contributed by atoms with Crippen molar-refractivity contribution in [2.45, 2.75) is 77.9 Å². The highest BCUT2D eigenvalue weighted by Crippen LogP contribution is 2.36. The first-order chi connectivity index (χ1) is 15.2. The normalized spacial score (nSPS) is 19.2. The Morgan fingerprint density at radius 3 is 2.31 bits per heavy atom. The van der Waals surface area contributed by atoms with Gasteiger partial charge in [-0.1, -0.05) is 32.8 Å². The summed E-state index contributed by atoms with van der Waals surface area (Å²) in [5.74, 6) is 0.693. The number of ether oxygens (including phenoxy) is 2. The van der Waals surface area contributed by atoms with Crippen LogP contribution >= 0.6 is 0 Å². The molecule has 3 rings (SSSR count). The second-order valence-corrected chi connectivity index (χ2v) is 8.87. The molecule has 176 valence electrons. The maximum Gasteiger partial charge on any atom is 0.325 e. The van der Waals surface area contributed by atoms with Crippen molar-refractivity contribution < 1.29 is 23.9 Å². The van der Waals surface area contributed by atoms with Gasteiger partial charge >= 0.3 is 6.03 Å². The van der Waals surface area contributed by atoms with Crippen LogP contribution in [0, 0.1) is 5.92 Å². The number of carbonyl (C=O) groups excluding carboxylic acids is 3. The first-order valence-electron chi connectivity index (χ1n) is 11.6. The predicted molar refractivity (Wildman–Crippen MR) is 121 cm³/mol. The van der Waals surface area contributed by atoms with Crippen molar-refractivity contribution in [2.75, 3.05) is 13.2 Å². The molecule has 1 aromatic rings. The van der Waals surface area contributed by atoms with E-state index in [-0.39, 0.29) is 23.8 Å². The minimum Gasteiger partial charge on any atom is -0.490 e. The molecule has 2 fully saturated rings. The number of nitrogens with one attached hydrogen (secondary N) is 2. The summed E-state index contributed by atoms with van der Waals surface area (Å²) in [6, 6.07) is 3.92. The van der Waals surface area contributed by atoms with Crippen LogP contribution in [0.25, 0.3) is 0 Å². The minimum absolute atomic E-state index is 0.0721. The molecule has 0 aromatic heterocycles. The third kappa shape index (κ3) is 4.54. The fourth-order valence-corrected chi connectivity index (χ4v) is 4.60. The SMILES string of the molecule is CCOc1ccc(C(NC(=O)C(C)N2C(=O)NC3(CCCC3)C2=O)C(C)C)cc1OCC. The van der Waals surface area contributed by atoms with Crippen LogP contribution in [-0.4, -0.2) is 47.5 Å². The monoisotopic (exact) mass is 445 g/mol. The average molecular weight is 446 g/mol. The van der Waals surface area contributed by atoms with Gasteiger partial charge in [0.15, 0.2) is 11.5 Å². The van der Waals surface area contributed by atoms with E-state index < -0.39 is 17.6 Å². The van der Waals surface area contributed by atoms with E-state index in [0.29, 0.717) is 37.6 Å². The third-order valence-corrected chi connectivity index (χ3v) is 6.31. The summed E-state index contributed by atoms with van der Waals surface area (Å²) < 4.78 is 11.4. The topological polar surface area (TPSA) is 97.0 Å². The summed E-state index contributed by atoms with van der Waals surface area (Å²) in [6.45, 7) is 10.4. The Morgan fingerprint density at radius 2 is 1.72 bits per heavy atom. The highest BCUT2D eigenvalue weighted by molar-refractivity contribution is 6.10. The standard InChI is InChI=1S/C24H35N3O5/c1-6-31-18-11-10-17(14-19(18)32-7-2)20(15(3)4)25-21(28)16(5)27-22(29)24(26-23(27)30)12-8-9-13-24/h10-11,14-16,20H,6-9,12-13H2,1-5H3,(H,25,28)(H,26,30). The Bertz CT molecular complexity index is 863. The molecule has 8 heteroatoms. The molecule has 1 aromatic carbocycles. The lowest BCUT2D eigenvalue weighted by atomic mass is 9.95. The highest BCUT2D eigenvalue weighted by Gasteiger charge is 2.54. The molecule has 2 N–H and O–H groups in total. The molecule has 1 saturated heterocycles. The minimum atomic E-state index is -0.905. The number of rotatable bonds is 9. The highest BCUT2D eigenvalue weighted by atomic mass is 16.5. The van der Waals surface area contributed by atoms with Crippen molar-refractivity contribution >= 4 is 17.8 Å². The molecule has 4 amide bonds. The maximum atomic E-state index is 13.2. The zero-order valence-electron chi connectivity index (χ0n) is 19.7. The van der Waals surface area contributed by atoms with Crippen molar-refractivity contribution in [3.8, 4) is 11.5 Å². The van der Waals surface area contributed by atoms with Gasteiger partial charge in [0.25, 0.3) is 5.91 Å². The van der Waals surface area contributed by atoms with E-state index in [4.69, 9.17) is 9.47 Å². The van der Waals surface area contributed by atoms with Crippen LogP contribution in [0.3, 0.4) is 0 Å². The number of imide groups is 1. The fraction of sp³-hybridized carbons (Fsp3) is 0.625. The van der Waals surface area contributed by atoms with Gasteiger partial charge in [-0.2, -0.15) is 0 Å². The summed E-state index contributed by atoms with van der Waals surface area (Å²) in [5.41, 5.74) is 0.0433. The number of carbonyl (C=O) groups is 3. The molecular weight excluding hydrogens is 410 g/mol. The van der Waals surface area contributed by atoms with Crippen LogP contribution in [0.5, 0.6) is 11.5 Å². The van der Waals surface area contributed by atoms with Crippen molar-refractivity contribution in [1.82, 2.24) is 15.5 Å². The van der Waals surface area contributed by atoms with Crippen LogP contribution in [0.2, 0.25) is 0 Å². The number of hydrogen-bond acceptors (Lipinski definition) is 5. The van der Waals surface area contributed by atoms with Gasteiger partial charge in [0.2, 0.25) is 5.91 Å². The second-order valence-electron chi connectivity index (χ2n) is 8.87. The zero-order valence-corrected chi connectivity index (χ0v) is 19.7. The molecule has 1 spiro atoms. The second kappa shape index (κ2) is 9.79. The van der Waals surface area contributed by atoms with E-state index in [9.17, 15) is 14.4 Å². The van der Waals surface area contributed by atoms with Crippen molar-refractivity contribution in [2.24, 2.45) is 5.92 Å². The first kappa shape index (κ1) is 23.9. The number of nitrogens with zero attached hydrogens (tertiary/aromatic N) is 1. The van der Waals surface area contributed by atoms with Gasteiger partial charge in [-0.25, -0.2) is 9.69 Å². The molecule has 0 radical (unpaired) electrons. The maximum absolute atomic E-state index is 13.2. The van der Waals surface area contributed by atoms with Gasteiger partial charge < -0.3 is 20.1 Å². The molecule has 1 aliphatic carbocycles. The van der Waals surface area contributed by atoms with Gasteiger partial charge in [-0.05, 0) is 57.2 Å². The van der Waals surface area contributed by atoms with Crippen molar-refractivity contribution in [1.29, 1.82) is 0 Å². The lowest BCUT2D eigenvalue weighted by molar-refractivity contribution is -0.138. The number of benzene rings is 1. The third-order valence-electron chi connectivity index (χ3n) is 6.31. The zero-order chi connectivity index (χ0) is 23.5. The lowest BCUT2D eigenvalue weighted by Crippen LogP contribution is -2.50. The Hall–Kier alpha value is -2.77. The first-order valence-corrected chi connectivity index (χ1v) is 11.6. The molecule has 1 heterocycles. The predicted octanol–water partition coefficient (Wildman–Crippen LogP) is 3.55. The van der Waals surface area contributed by atoms with Gasteiger partial charge in [0, 0.05) is 0 Å². The van der Waals surface area contributed by atoms with Gasteiger partial charge in [0.1, 0.15) is 11.6 Å². The van der Waals surface area contributed by atoms with Crippen LogP contribution in [-0.2, 0) is 9.59 Å². The number of hydrogen-bond donors (Lipinski definition) is 2. The van der Waals surface area contributed by atoms with Crippen LogP contribution in [0.15, 0.2) is 18.2 Å². The van der Waals surface area contributed by atoms with E-state index in [1.807, 2.05) is 45.9 Å². The van der Waals surface area contributed by atoms with E-state index >= 15 is 0 Å². The number of amides is 4. The Kier molecular flexibility index (Phi) is 7.31. The molecule has 8 nitrogen and oxygen atoms in total. The molecule has 0 bridgehead atoms. The molecular formula is C24H35N3O5. The average Bonchev–Trinajstić information content (AvgIpc) is 3.31. The van der Waals surface area contributed by atoms with E-state index in [2.05, 4.69) is 10.6 Å². The fourth-order valence-electron chi connectivity index (χ4n) is 4.60. The van der Waals surface area contributed by atoms with E-state index in [1.165, 1.54) is 0 Å². The van der Waals surface area contributed by atoms with Crippen LogP contribution < -0.4 is 20.1 Å². The van der Waals surface area contributed by atoms with E-state index in [1.54, 1.807) is 6.92 Å². The van der Waals surface area contributed by atoms with Gasteiger partial charge in [-0.15, -0.1) is 0 Å². The molecule has 2 unspecified atom stereocenters. The Morgan fingerprint density at radius 1 is 1.09 bits per heavy atom. The summed E-state index contributed by atoms with van der Waals surface area (Å²) in [6.07, 6.45) is 3.05. The summed E-state index contributed by atoms with van der Waals surface area (Å²) in [5, 5.41) is 5.88. The molecule has 1 saturated carbocycles. The van der Waals surface area contributed by atoms with Crippen LogP contribution in [0.4, 0.5) is 4.79 Å². The largest absolute Gasteiger partial charge is 0.490 e. The Labute approximate surface area is 190 Å². The molecule has 32 heavy (non-hydrogen) atoms. The van der Waals surface area contributed by atoms with Crippen molar-refractivity contribution in [3.63, 3.8) is 0 Å². The summed E-state index contributed by atoms with van der Waals surface area (Å²) >= 11 is 0. The molecule has 2 aliphatic rings. The molecule has 2 atom stereocenters. The smallest absolute Gasteiger partial charge is 0.325 e. The quantitative estimate of drug-likeness (QED) is 0.567. The van der Waals surface area contributed by atoms with Crippen molar-refractivity contribution in [3.05, 3.63) is 23.8 Å². The van der Waals surface area contributed by atoms with Gasteiger partial charge in [-0.3, -0.25) is 9.59 Å². The van der Waals surface area contributed by atoms with Gasteiger partial charge in [0.05, 0.1) is 19.3 Å². The lowest BCUT2D eigenvalue weighted by Gasteiger charge is -2.28. The number of urea groups is 1. The Balaban J connectivity index is 1.79. The molecule has 1 aliphatic heterocycles. The van der Waals surface area contributed by atoms with Crippen LogP contribution in [0.1, 0.15) is 71.9 Å². The summed E-state index contributed by atoms with van der Waals surface area (Å²) in [7, 11) is 0. The summed E-state index contributed by atoms with van der Waals surface area (Å²) in [4.78, 5) is 39.8. The van der Waals surface area contributed by atoms with E-state index in [0.717, 1.165) is 23.3 Å².